The molecular formula is C17H17N5O2. The normalized spacial score (nSPS) is 10.6. The first kappa shape index (κ1) is 15.7. The lowest BCUT2D eigenvalue weighted by molar-refractivity contribution is 0.101. The number of carbonyl (C=O) groups excluding carboxylic acids is 1. The Kier molecular flexibility index (Phi) is 3.99. The predicted molar refractivity (Wildman–Crippen MR) is 90.9 cm³/mol. The Bertz CT molecular complexity index is 957. The summed E-state index contributed by atoms with van der Waals surface area (Å²) in [5.41, 5.74) is 3.46. The number of rotatable bonds is 3. The van der Waals surface area contributed by atoms with Gasteiger partial charge in [-0.25, -0.2) is 14.5 Å². The van der Waals surface area contributed by atoms with Gasteiger partial charge in [-0.1, -0.05) is 30.3 Å². The molecule has 0 saturated carbocycles. The van der Waals surface area contributed by atoms with E-state index < -0.39 is 11.6 Å². The Morgan fingerprint density at radius 3 is 2.54 bits per heavy atom. The predicted octanol–water partition coefficient (Wildman–Crippen LogP) is 2.04. The van der Waals surface area contributed by atoms with Gasteiger partial charge in [-0.3, -0.25) is 9.78 Å². The van der Waals surface area contributed by atoms with E-state index in [4.69, 9.17) is 0 Å². The number of nitrogens with one attached hydrogen (secondary N) is 2. The number of aromatic amines is 1. The average Bonchev–Trinajstić information content (AvgIpc) is 2.91. The van der Waals surface area contributed by atoms with Crippen molar-refractivity contribution in [3.63, 3.8) is 0 Å². The molecule has 0 saturated heterocycles. The van der Waals surface area contributed by atoms with Crippen molar-refractivity contribution in [3.8, 4) is 11.1 Å². The monoisotopic (exact) mass is 323 g/mol. The fraction of sp³-hybridized carbons (Fsp3) is 0.176. The summed E-state index contributed by atoms with van der Waals surface area (Å²) >= 11 is 0. The van der Waals surface area contributed by atoms with Crippen LogP contribution in [0.5, 0.6) is 0 Å². The number of aryl methyl sites for hydroxylation is 2. The highest BCUT2D eigenvalue weighted by molar-refractivity contribution is 6.01. The minimum absolute atomic E-state index is 0.0520. The highest BCUT2D eigenvalue weighted by Crippen LogP contribution is 2.27. The van der Waals surface area contributed by atoms with Gasteiger partial charge in [0.1, 0.15) is 5.82 Å². The first-order valence-electron chi connectivity index (χ1n) is 7.44. The lowest BCUT2D eigenvalue weighted by Gasteiger charge is -2.12. The first-order valence-corrected chi connectivity index (χ1v) is 7.44. The maximum atomic E-state index is 12.2. The molecule has 0 bridgehead atoms. The number of hydrogen-bond donors (Lipinski definition) is 2. The Morgan fingerprint density at radius 1 is 1.21 bits per heavy atom. The van der Waals surface area contributed by atoms with E-state index in [0.717, 1.165) is 27.1 Å². The Hall–Kier alpha value is -3.22. The minimum atomic E-state index is -0.512. The Morgan fingerprint density at radius 2 is 1.92 bits per heavy atom. The van der Waals surface area contributed by atoms with E-state index in [1.54, 1.807) is 0 Å². The van der Waals surface area contributed by atoms with Crippen LogP contribution in [0.1, 0.15) is 21.9 Å². The van der Waals surface area contributed by atoms with Gasteiger partial charge in [-0.2, -0.15) is 0 Å². The highest BCUT2D eigenvalue weighted by atomic mass is 16.2. The summed E-state index contributed by atoms with van der Waals surface area (Å²) in [5, 5.41) is 6.52. The van der Waals surface area contributed by atoms with Crippen LogP contribution in [0.3, 0.4) is 0 Å². The first-order chi connectivity index (χ1) is 11.5. The summed E-state index contributed by atoms with van der Waals surface area (Å²) in [6.45, 7) is 3.88. The third-order valence-electron chi connectivity index (χ3n) is 3.83. The van der Waals surface area contributed by atoms with Gasteiger partial charge in [0.05, 0.1) is 0 Å². The second kappa shape index (κ2) is 6.11. The lowest BCUT2D eigenvalue weighted by Crippen LogP contribution is -2.16. The molecule has 0 aliphatic rings. The number of nitrogens with zero attached hydrogens (tertiary/aromatic N) is 3. The van der Waals surface area contributed by atoms with E-state index in [2.05, 4.69) is 20.4 Å². The fourth-order valence-electron chi connectivity index (χ4n) is 2.40. The van der Waals surface area contributed by atoms with Gasteiger partial charge in [0.25, 0.3) is 5.91 Å². The molecule has 7 heteroatoms. The van der Waals surface area contributed by atoms with E-state index in [1.807, 2.05) is 50.2 Å². The minimum Gasteiger partial charge on any atom is -0.304 e. The molecule has 0 aliphatic heterocycles. The van der Waals surface area contributed by atoms with Crippen molar-refractivity contribution >= 4 is 11.7 Å². The third-order valence-corrected chi connectivity index (χ3v) is 3.83. The summed E-state index contributed by atoms with van der Waals surface area (Å²) in [7, 11) is 1.47. The molecule has 0 aliphatic carbocycles. The van der Waals surface area contributed by atoms with E-state index in [9.17, 15) is 9.59 Å². The second-order valence-electron chi connectivity index (χ2n) is 5.49. The molecule has 2 heterocycles. The lowest BCUT2D eigenvalue weighted by atomic mass is 10.0. The summed E-state index contributed by atoms with van der Waals surface area (Å²) in [4.78, 5) is 30.4. The van der Waals surface area contributed by atoms with Gasteiger partial charge < -0.3 is 5.32 Å². The molecule has 122 valence electrons. The van der Waals surface area contributed by atoms with Crippen LogP contribution in [-0.2, 0) is 7.05 Å². The van der Waals surface area contributed by atoms with E-state index in [-0.39, 0.29) is 5.82 Å². The van der Waals surface area contributed by atoms with Gasteiger partial charge in [0.15, 0.2) is 0 Å². The second-order valence-corrected chi connectivity index (χ2v) is 5.49. The van der Waals surface area contributed by atoms with Crippen molar-refractivity contribution in [1.29, 1.82) is 0 Å². The van der Waals surface area contributed by atoms with Crippen molar-refractivity contribution in [2.24, 2.45) is 7.05 Å². The Labute approximate surface area is 138 Å². The van der Waals surface area contributed by atoms with Crippen LogP contribution in [0.25, 0.3) is 11.1 Å². The molecule has 0 radical (unpaired) electrons. The number of aromatic nitrogens is 4. The zero-order valence-electron chi connectivity index (χ0n) is 13.6. The van der Waals surface area contributed by atoms with E-state index >= 15 is 0 Å². The smallest absolute Gasteiger partial charge is 0.304 e. The van der Waals surface area contributed by atoms with Crippen LogP contribution in [0, 0.1) is 13.8 Å². The zero-order chi connectivity index (χ0) is 17.3. The van der Waals surface area contributed by atoms with Gasteiger partial charge >= 0.3 is 5.69 Å². The molecule has 2 aromatic heterocycles. The summed E-state index contributed by atoms with van der Waals surface area (Å²) in [5.74, 6) is -0.153. The molecule has 7 nitrogen and oxygen atoms in total. The molecule has 0 unspecified atom stereocenters. The zero-order valence-corrected chi connectivity index (χ0v) is 13.6. The van der Waals surface area contributed by atoms with Gasteiger partial charge in [-0.05, 0) is 36.6 Å². The molecule has 0 atom stereocenters. The quantitative estimate of drug-likeness (QED) is 0.771. The fourth-order valence-corrected chi connectivity index (χ4v) is 2.40. The largest absolute Gasteiger partial charge is 0.343 e. The number of benzene rings is 1. The number of hydrogen-bond acceptors (Lipinski definition) is 4. The van der Waals surface area contributed by atoms with Crippen LogP contribution in [-0.4, -0.2) is 25.7 Å². The van der Waals surface area contributed by atoms with E-state index in [0.29, 0.717) is 5.82 Å². The van der Waals surface area contributed by atoms with Crippen LogP contribution < -0.4 is 11.0 Å². The van der Waals surface area contributed by atoms with E-state index in [1.165, 1.54) is 7.05 Å². The number of pyridine rings is 1. The SMILES string of the molecule is Cc1nc(NC(=O)c2nn(C)c(=O)[nH]2)cc(-c2ccccc2)c1C. The summed E-state index contributed by atoms with van der Waals surface area (Å²) < 4.78 is 1.07. The van der Waals surface area contributed by atoms with Crippen LogP contribution >= 0.6 is 0 Å². The van der Waals surface area contributed by atoms with Crippen molar-refractivity contribution in [2.75, 3.05) is 5.32 Å². The number of H-pyrrole nitrogens is 1. The Balaban J connectivity index is 1.96. The van der Waals surface area contributed by atoms with Crippen molar-refractivity contribution < 1.29 is 4.79 Å². The van der Waals surface area contributed by atoms with Crippen molar-refractivity contribution in [2.45, 2.75) is 13.8 Å². The molecule has 3 rings (SSSR count). The maximum Gasteiger partial charge on any atom is 0.343 e. The van der Waals surface area contributed by atoms with Gasteiger partial charge in [-0.15, -0.1) is 5.10 Å². The third kappa shape index (κ3) is 2.96. The molecule has 0 spiro atoms. The molecule has 1 aromatic carbocycles. The summed E-state index contributed by atoms with van der Waals surface area (Å²) in [6.07, 6.45) is 0. The molecule has 3 aromatic rings. The molecule has 2 N–H and O–H groups in total. The van der Waals surface area contributed by atoms with Gasteiger partial charge in [0, 0.05) is 12.7 Å². The van der Waals surface area contributed by atoms with Crippen molar-refractivity contribution in [3.05, 3.63) is 64.0 Å². The van der Waals surface area contributed by atoms with Crippen molar-refractivity contribution in [1.82, 2.24) is 19.7 Å². The average molecular weight is 323 g/mol. The van der Waals surface area contributed by atoms with Crippen LogP contribution in [0.2, 0.25) is 0 Å². The molecule has 1 amide bonds. The topological polar surface area (TPSA) is 92.7 Å². The molecular weight excluding hydrogens is 306 g/mol. The molecule has 0 fully saturated rings. The van der Waals surface area contributed by atoms with Gasteiger partial charge in [0.2, 0.25) is 5.82 Å². The maximum absolute atomic E-state index is 12.2. The summed E-state index contributed by atoms with van der Waals surface area (Å²) in [6, 6.07) is 11.7. The standard InChI is InChI=1S/C17H17N5O2/c1-10-11(2)18-14(9-13(10)12-7-5-4-6-8-12)19-16(23)15-20-17(24)22(3)21-15/h4-9H,1-3H3,(H,18,19,23)(H,20,21,24). The number of anilines is 1. The number of carbonyl (C=O) groups is 1. The highest BCUT2D eigenvalue weighted by Gasteiger charge is 2.15. The van der Waals surface area contributed by atoms with Crippen LogP contribution in [0.15, 0.2) is 41.2 Å². The molecule has 24 heavy (non-hydrogen) atoms. The number of amides is 1. The van der Waals surface area contributed by atoms with Crippen LogP contribution in [0.4, 0.5) is 5.82 Å².